The molecule has 0 aromatic heterocycles. The molecule has 72 valence electrons. The number of hydrogen-bond acceptors (Lipinski definition) is 4. The lowest BCUT2D eigenvalue weighted by Gasteiger charge is -2.01. The molecule has 0 aromatic carbocycles. The summed E-state index contributed by atoms with van der Waals surface area (Å²) in [5.41, 5.74) is 0. The Hall–Kier alpha value is -0.220. The fraction of sp³-hybridized carbons (Fsp3) is 0.875. The average Bonchev–Trinajstić information content (AvgIpc) is 2.09. The molecule has 0 aliphatic rings. The minimum Gasteiger partial charge on any atom is -0.466 e. The van der Waals surface area contributed by atoms with Gasteiger partial charge in [-0.05, 0) is 18.6 Å². The molecule has 1 N–H and O–H groups in total. The predicted octanol–water partition coefficient (Wildman–Crippen LogP) is 1.40. The van der Waals surface area contributed by atoms with Crippen molar-refractivity contribution in [3.8, 4) is 0 Å². The van der Waals surface area contributed by atoms with Gasteiger partial charge in [-0.25, -0.2) is 0 Å². The summed E-state index contributed by atoms with van der Waals surface area (Å²) >= 11 is 1.42. The smallest absolute Gasteiger partial charge is 0.305 e. The standard InChI is InChI=1S/C8H16O3S/c1-2-5-11-8(10)4-3-6-12-7-9/h9H,2-7H2,1H3. The molecular weight excluding hydrogens is 176 g/mol. The molecule has 0 aromatic rings. The maximum atomic E-state index is 10.9. The quantitative estimate of drug-likeness (QED) is 0.376. The SMILES string of the molecule is CCCOC(=O)CCCSCO. The van der Waals surface area contributed by atoms with Crippen LogP contribution in [-0.2, 0) is 9.53 Å². The van der Waals surface area contributed by atoms with E-state index in [2.05, 4.69) is 0 Å². The van der Waals surface area contributed by atoms with Crippen molar-refractivity contribution < 1.29 is 14.6 Å². The highest BCUT2D eigenvalue weighted by atomic mass is 32.2. The number of hydrogen-bond donors (Lipinski definition) is 1. The number of aliphatic hydroxyl groups excluding tert-OH is 1. The molecule has 0 spiro atoms. The van der Waals surface area contributed by atoms with Crippen LogP contribution in [0.25, 0.3) is 0 Å². The van der Waals surface area contributed by atoms with Gasteiger partial charge in [-0.3, -0.25) is 4.79 Å². The van der Waals surface area contributed by atoms with E-state index in [9.17, 15) is 4.79 Å². The molecule has 3 nitrogen and oxygen atoms in total. The van der Waals surface area contributed by atoms with Crippen molar-refractivity contribution in [1.29, 1.82) is 0 Å². The first-order chi connectivity index (χ1) is 5.81. The van der Waals surface area contributed by atoms with Crippen LogP contribution >= 0.6 is 11.8 Å². The van der Waals surface area contributed by atoms with E-state index in [4.69, 9.17) is 9.84 Å². The van der Waals surface area contributed by atoms with E-state index in [-0.39, 0.29) is 11.9 Å². The Morgan fingerprint density at radius 1 is 1.58 bits per heavy atom. The van der Waals surface area contributed by atoms with Gasteiger partial charge in [0.25, 0.3) is 0 Å². The Kier molecular flexibility index (Phi) is 8.71. The number of ether oxygens (including phenoxy) is 1. The lowest BCUT2D eigenvalue weighted by atomic mass is 10.3. The summed E-state index contributed by atoms with van der Waals surface area (Å²) in [5.74, 6) is 0.817. The van der Waals surface area contributed by atoms with E-state index in [0.717, 1.165) is 18.6 Å². The molecule has 0 radical (unpaired) electrons. The number of aliphatic hydroxyl groups is 1. The summed E-state index contributed by atoms with van der Waals surface area (Å²) in [5, 5.41) is 8.42. The molecule has 0 aliphatic carbocycles. The molecule has 0 fully saturated rings. The monoisotopic (exact) mass is 192 g/mol. The lowest BCUT2D eigenvalue weighted by Crippen LogP contribution is -2.05. The summed E-state index contributed by atoms with van der Waals surface area (Å²) < 4.78 is 4.86. The van der Waals surface area contributed by atoms with Crippen molar-refractivity contribution >= 4 is 17.7 Å². The first-order valence-corrected chi connectivity index (χ1v) is 5.31. The van der Waals surface area contributed by atoms with Crippen LogP contribution in [-0.4, -0.2) is 29.4 Å². The number of rotatable bonds is 7. The van der Waals surface area contributed by atoms with Crippen molar-refractivity contribution in [3.63, 3.8) is 0 Å². The number of thioether (sulfide) groups is 1. The van der Waals surface area contributed by atoms with Crippen molar-refractivity contribution in [2.75, 3.05) is 18.3 Å². The first-order valence-electron chi connectivity index (χ1n) is 4.15. The van der Waals surface area contributed by atoms with Gasteiger partial charge in [0.2, 0.25) is 0 Å². The zero-order valence-electron chi connectivity index (χ0n) is 7.41. The molecule has 0 saturated heterocycles. The van der Waals surface area contributed by atoms with Crippen LogP contribution in [0.4, 0.5) is 0 Å². The average molecular weight is 192 g/mol. The van der Waals surface area contributed by atoms with Crippen molar-refractivity contribution in [1.82, 2.24) is 0 Å². The summed E-state index contributed by atoms with van der Waals surface area (Å²) in [6.45, 7) is 2.49. The second-order valence-corrected chi connectivity index (χ2v) is 3.44. The second-order valence-electron chi connectivity index (χ2n) is 2.36. The van der Waals surface area contributed by atoms with E-state index in [1.54, 1.807) is 0 Å². The minimum absolute atomic E-state index is 0.129. The normalized spacial score (nSPS) is 9.83. The molecule has 0 saturated carbocycles. The predicted molar refractivity (Wildman–Crippen MR) is 50.0 cm³/mol. The highest BCUT2D eigenvalue weighted by molar-refractivity contribution is 7.99. The van der Waals surface area contributed by atoms with E-state index >= 15 is 0 Å². The van der Waals surface area contributed by atoms with Crippen LogP contribution in [0.15, 0.2) is 0 Å². The summed E-state index contributed by atoms with van der Waals surface area (Å²) in [6.07, 6.45) is 2.12. The Balaban J connectivity index is 3.08. The van der Waals surface area contributed by atoms with Crippen LogP contribution in [0.3, 0.4) is 0 Å². The maximum absolute atomic E-state index is 10.9. The molecule has 0 amide bonds. The van der Waals surface area contributed by atoms with Gasteiger partial charge in [0.1, 0.15) is 0 Å². The fourth-order valence-electron chi connectivity index (χ4n) is 0.671. The molecule has 0 bridgehead atoms. The van der Waals surface area contributed by atoms with E-state index in [1.165, 1.54) is 11.8 Å². The Morgan fingerprint density at radius 3 is 2.92 bits per heavy atom. The molecular formula is C8H16O3S. The minimum atomic E-state index is -0.129. The molecule has 0 unspecified atom stereocenters. The molecule has 0 rings (SSSR count). The van der Waals surface area contributed by atoms with Crippen molar-refractivity contribution in [2.45, 2.75) is 26.2 Å². The van der Waals surface area contributed by atoms with Crippen LogP contribution < -0.4 is 0 Å². The van der Waals surface area contributed by atoms with E-state index in [0.29, 0.717) is 13.0 Å². The van der Waals surface area contributed by atoms with E-state index < -0.39 is 0 Å². The van der Waals surface area contributed by atoms with Gasteiger partial charge in [-0.2, -0.15) is 0 Å². The largest absolute Gasteiger partial charge is 0.466 e. The highest BCUT2D eigenvalue weighted by Gasteiger charge is 2.00. The van der Waals surface area contributed by atoms with Gasteiger partial charge in [-0.15, -0.1) is 11.8 Å². The van der Waals surface area contributed by atoms with Crippen LogP contribution in [0.2, 0.25) is 0 Å². The van der Waals surface area contributed by atoms with Gasteiger partial charge in [0.15, 0.2) is 0 Å². The molecule has 12 heavy (non-hydrogen) atoms. The van der Waals surface area contributed by atoms with Crippen molar-refractivity contribution in [2.24, 2.45) is 0 Å². The van der Waals surface area contributed by atoms with Gasteiger partial charge < -0.3 is 9.84 Å². The zero-order valence-corrected chi connectivity index (χ0v) is 8.23. The third-order valence-electron chi connectivity index (χ3n) is 1.23. The van der Waals surface area contributed by atoms with E-state index in [1.807, 2.05) is 6.92 Å². The van der Waals surface area contributed by atoms with Crippen LogP contribution in [0.5, 0.6) is 0 Å². The maximum Gasteiger partial charge on any atom is 0.305 e. The second kappa shape index (κ2) is 8.87. The Bertz CT molecular complexity index is 117. The summed E-state index contributed by atoms with van der Waals surface area (Å²) in [7, 11) is 0. The summed E-state index contributed by atoms with van der Waals surface area (Å²) in [4.78, 5) is 10.9. The Labute approximate surface area is 77.5 Å². The number of carbonyl (C=O) groups is 1. The van der Waals surface area contributed by atoms with Crippen LogP contribution in [0.1, 0.15) is 26.2 Å². The topological polar surface area (TPSA) is 46.5 Å². The van der Waals surface area contributed by atoms with Crippen LogP contribution in [0, 0.1) is 0 Å². The number of esters is 1. The molecule has 0 aliphatic heterocycles. The molecule has 4 heteroatoms. The third kappa shape index (κ3) is 7.88. The fourth-order valence-corrected chi connectivity index (χ4v) is 1.15. The van der Waals surface area contributed by atoms with Gasteiger partial charge >= 0.3 is 5.97 Å². The third-order valence-corrected chi connectivity index (χ3v) is 1.99. The Morgan fingerprint density at radius 2 is 2.33 bits per heavy atom. The highest BCUT2D eigenvalue weighted by Crippen LogP contribution is 2.03. The first kappa shape index (κ1) is 11.8. The zero-order chi connectivity index (χ0) is 9.23. The number of carbonyl (C=O) groups excluding carboxylic acids is 1. The van der Waals surface area contributed by atoms with Gasteiger partial charge in [0.05, 0.1) is 12.5 Å². The lowest BCUT2D eigenvalue weighted by molar-refractivity contribution is -0.143. The van der Waals surface area contributed by atoms with Gasteiger partial charge in [0, 0.05) is 6.42 Å². The summed E-state index contributed by atoms with van der Waals surface area (Å²) in [6, 6.07) is 0. The molecule has 0 atom stereocenters. The van der Waals surface area contributed by atoms with Gasteiger partial charge in [-0.1, -0.05) is 6.92 Å². The van der Waals surface area contributed by atoms with Crippen molar-refractivity contribution in [3.05, 3.63) is 0 Å². The molecule has 0 heterocycles.